The first-order chi connectivity index (χ1) is 11.6. The minimum absolute atomic E-state index is 0.273. The van der Waals surface area contributed by atoms with E-state index >= 15 is 0 Å². The second-order valence-corrected chi connectivity index (χ2v) is 6.48. The highest BCUT2D eigenvalue weighted by Gasteiger charge is 2.06. The Morgan fingerprint density at radius 1 is 0.875 bits per heavy atom. The number of benzene rings is 2. The number of aromatic nitrogens is 1. The fraction of sp³-hybridized carbons (Fsp3) is 0. The van der Waals surface area contributed by atoms with Crippen LogP contribution >= 0.6 is 0 Å². The summed E-state index contributed by atoms with van der Waals surface area (Å²) < 4.78 is 38.8. The van der Waals surface area contributed by atoms with E-state index < -0.39 is 22.4 Å². The third-order valence-corrected chi connectivity index (χ3v) is 4.70. The molecule has 1 atom stereocenters. The van der Waals surface area contributed by atoms with Crippen molar-refractivity contribution in [3.63, 3.8) is 0 Å². The zero-order valence-electron chi connectivity index (χ0n) is 12.5. The number of rotatable bonds is 4. The maximum Gasteiger partial charge on any atom is 0.133 e. The van der Waals surface area contributed by atoms with Gasteiger partial charge in [-0.3, -0.25) is 4.98 Å². The van der Waals surface area contributed by atoms with Crippen molar-refractivity contribution in [2.45, 2.75) is 9.79 Å². The van der Waals surface area contributed by atoms with Crippen molar-refractivity contribution in [2.75, 3.05) is 0 Å². The quantitative estimate of drug-likeness (QED) is 0.689. The predicted octanol–water partition coefficient (Wildman–Crippen LogP) is 4.70. The molecule has 0 saturated carbocycles. The van der Waals surface area contributed by atoms with Crippen LogP contribution in [0.1, 0.15) is 11.3 Å². The maximum absolute atomic E-state index is 13.6. The van der Waals surface area contributed by atoms with E-state index in [1.54, 1.807) is 30.3 Å². The van der Waals surface area contributed by atoms with Crippen molar-refractivity contribution in [2.24, 2.45) is 0 Å². The molecule has 120 valence electrons. The van der Waals surface area contributed by atoms with E-state index in [9.17, 15) is 13.0 Å². The highest BCUT2D eigenvalue weighted by Crippen LogP contribution is 2.17. The normalized spacial score (nSPS) is 12.4. The Hall–Kier alpha value is -2.66. The van der Waals surface area contributed by atoms with Crippen LogP contribution in [0.25, 0.3) is 12.2 Å². The largest absolute Gasteiger partial charge is 0.256 e. The summed E-state index contributed by atoms with van der Waals surface area (Å²) in [6.45, 7) is 0. The van der Waals surface area contributed by atoms with Crippen molar-refractivity contribution in [1.82, 2.24) is 4.98 Å². The van der Waals surface area contributed by atoms with E-state index in [4.69, 9.17) is 0 Å². The van der Waals surface area contributed by atoms with Gasteiger partial charge >= 0.3 is 0 Å². The molecule has 0 N–H and O–H groups in total. The first-order valence-corrected chi connectivity index (χ1v) is 8.34. The molecule has 0 spiro atoms. The third kappa shape index (κ3) is 3.81. The summed E-state index contributed by atoms with van der Waals surface area (Å²) in [6.07, 6.45) is 4.67. The van der Waals surface area contributed by atoms with Gasteiger partial charge < -0.3 is 0 Å². The fourth-order valence-electron chi connectivity index (χ4n) is 2.09. The van der Waals surface area contributed by atoms with Gasteiger partial charge in [0.15, 0.2) is 0 Å². The molecule has 1 aromatic heterocycles. The van der Waals surface area contributed by atoms with E-state index in [2.05, 4.69) is 4.98 Å². The number of nitrogens with zero attached hydrogens (tertiary/aromatic N) is 1. The summed E-state index contributed by atoms with van der Waals surface area (Å²) in [7, 11) is -1.29. The van der Waals surface area contributed by atoms with Gasteiger partial charge in [0, 0.05) is 22.7 Å². The smallest absolute Gasteiger partial charge is 0.133 e. The van der Waals surface area contributed by atoms with E-state index in [0.29, 0.717) is 15.5 Å². The van der Waals surface area contributed by atoms with Gasteiger partial charge in [0.2, 0.25) is 0 Å². The molecule has 0 bridgehead atoms. The predicted molar refractivity (Wildman–Crippen MR) is 90.6 cm³/mol. The minimum Gasteiger partial charge on any atom is -0.256 e. The van der Waals surface area contributed by atoms with Crippen molar-refractivity contribution in [3.8, 4) is 0 Å². The van der Waals surface area contributed by atoms with E-state index in [-0.39, 0.29) is 5.56 Å². The molecule has 0 aliphatic heterocycles. The van der Waals surface area contributed by atoms with Gasteiger partial charge in [0.1, 0.15) is 11.6 Å². The molecule has 0 aliphatic carbocycles. The summed E-state index contributed by atoms with van der Waals surface area (Å²) >= 11 is 0. The number of halogens is 2. The molecule has 2 nitrogen and oxygen atoms in total. The summed E-state index contributed by atoms with van der Waals surface area (Å²) in [4.78, 5) is 5.50. The van der Waals surface area contributed by atoms with Gasteiger partial charge in [-0.05, 0) is 48.6 Å². The average molecular weight is 341 g/mol. The summed E-state index contributed by atoms with van der Waals surface area (Å²) in [5.41, 5.74) is 0.864. The second kappa shape index (κ2) is 7.27. The van der Waals surface area contributed by atoms with Gasteiger partial charge in [-0.1, -0.05) is 18.2 Å². The molecular formula is C19H13F2NOS. The molecule has 5 heteroatoms. The zero-order chi connectivity index (χ0) is 16.9. The molecular weight excluding hydrogens is 328 g/mol. The van der Waals surface area contributed by atoms with Crippen molar-refractivity contribution in [1.29, 1.82) is 0 Å². The Kier molecular flexibility index (Phi) is 4.91. The zero-order valence-corrected chi connectivity index (χ0v) is 13.3. The molecule has 0 fully saturated rings. The topological polar surface area (TPSA) is 30.0 Å². The van der Waals surface area contributed by atoms with Crippen molar-refractivity contribution in [3.05, 3.63) is 89.8 Å². The van der Waals surface area contributed by atoms with E-state index in [1.165, 1.54) is 24.4 Å². The van der Waals surface area contributed by atoms with E-state index in [0.717, 1.165) is 6.07 Å². The molecule has 0 saturated heterocycles. The lowest BCUT2D eigenvalue weighted by atomic mass is 10.2. The molecule has 0 aliphatic rings. The molecule has 3 aromatic rings. The molecule has 1 heterocycles. The number of pyridine rings is 1. The summed E-state index contributed by atoms with van der Waals surface area (Å²) in [6, 6.07) is 15.9. The average Bonchev–Trinajstić information content (AvgIpc) is 2.62. The summed E-state index contributed by atoms with van der Waals surface area (Å²) in [5, 5.41) is 0. The van der Waals surface area contributed by atoms with Crippen LogP contribution in [0, 0.1) is 11.6 Å². The monoisotopic (exact) mass is 341 g/mol. The highest BCUT2D eigenvalue weighted by molar-refractivity contribution is 7.85. The van der Waals surface area contributed by atoms with Crippen LogP contribution in [-0.4, -0.2) is 9.19 Å². The molecule has 0 unspecified atom stereocenters. The maximum atomic E-state index is 13.6. The van der Waals surface area contributed by atoms with Crippen molar-refractivity contribution < 1.29 is 13.0 Å². The van der Waals surface area contributed by atoms with Crippen LogP contribution in [0.5, 0.6) is 0 Å². The second-order valence-electron chi connectivity index (χ2n) is 5.00. The Bertz CT molecular complexity index is 893. The number of hydrogen-bond acceptors (Lipinski definition) is 2. The van der Waals surface area contributed by atoms with Crippen LogP contribution in [-0.2, 0) is 10.8 Å². The SMILES string of the molecule is O=[S@@](c1ccccc1)c1ccc(/C=C/c2ccc(F)cc2F)nc1. The van der Waals surface area contributed by atoms with Gasteiger partial charge in [-0.2, -0.15) is 0 Å². The molecule has 0 amide bonds. The van der Waals surface area contributed by atoms with Gasteiger partial charge in [0.05, 0.1) is 21.4 Å². The fourth-order valence-corrected chi connectivity index (χ4v) is 3.11. The Labute approximate surface area is 141 Å². The Balaban J connectivity index is 1.77. The molecule has 0 radical (unpaired) electrons. The van der Waals surface area contributed by atoms with Gasteiger partial charge in [-0.15, -0.1) is 0 Å². The molecule has 2 aromatic carbocycles. The number of hydrogen-bond donors (Lipinski definition) is 0. The standard InChI is InChI=1S/C19H13F2NOS/c20-15-8-6-14(19(21)12-15)7-9-16-10-11-18(13-22-16)24(23)17-4-2-1-3-5-17/h1-13H/b9-7+/t24-/m0/s1. The van der Waals surface area contributed by atoms with Crippen LogP contribution in [0.4, 0.5) is 8.78 Å². The van der Waals surface area contributed by atoms with Crippen LogP contribution < -0.4 is 0 Å². The van der Waals surface area contributed by atoms with Crippen LogP contribution in [0.2, 0.25) is 0 Å². The lowest BCUT2D eigenvalue weighted by Crippen LogP contribution is -1.94. The summed E-state index contributed by atoms with van der Waals surface area (Å²) in [5.74, 6) is -1.25. The van der Waals surface area contributed by atoms with Gasteiger partial charge in [-0.25, -0.2) is 13.0 Å². The first kappa shape index (κ1) is 16.2. The Morgan fingerprint density at radius 2 is 1.67 bits per heavy atom. The van der Waals surface area contributed by atoms with Crippen LogP contribution in [0.15, 0.2) is 76.7 Å². The van der Waals surface area contributed by atoms with Crippen molar-refractivity contribution >= 4 is 23.0 Å². The Morgan fingerprint density at radius 3 is 2.33 bits per heavy atom. The third-order valence-electron chi connectivity index (χ3n) is 3.33. The van der Waals surface area contributed by atoms with Gasteiger partial charge in [0.25, 0.3) is 0 Å². The van der Waals surface area contributed by atoms with Crippen LogP contribution in [0.3, 0.4) is 0 Å². The molecule has 24 heavy (non-hydrogen) atoms. The first-order valence-electron chi connectivity index (χ1n) is 7.19. The minimum atomic E-state index is -1.29. The van der Waals surface area contributed by atoms with E-state index in [1.807, 2.05) is 18.2 Å². The lowest BCUT2D eigenvalue weighted by molar-refractivity contribution is 0.581. The highest BCUT2D eigenvalue weighted by atomic mass is 32.2. The molecule has 3 rings (SSSR count). The lowest BCUT2D eigenvalue weighted by Gasteiger charge is -2.02.